The fraction of sp³-hybridized carbons (Fsp3) is 0.400. The fourth-order valence-electron chi connectivity index (χ4n) is 1.48. The molecule has 1 aromatic rings. The minimum absolute atomic E-state index is 0.174. The molecule has 1 N–H and O–H groups in total. The smallest absolute Gasteiger partial charge is 0.408 e. The molecule has 6 nitrogen and oxygen atoms in total. The van der Waals surface area contributed by atoms with Crippen LogP contribution in [-0.2, 0) is 9.47 Å². The third kappa shape index (κ3) is 5.64. The summed E-state index contributed by atoms with van der Waals surface area (Å²) in [5.74, 6) is -0.752. The molecule has 1 amide bonds. The summed E-state index contributed by atoms with van der Waals surface area (Å²) in [6, 6.07) is 6.00. The van der Waals surface area contributed by atoms with E-state index in [0.717, 1.165) is 0 Å². The van der Waals surface area contributed by atoms with Crippen LogP contribution in [0.15, 0.2) is 24.3 Å². The van der Waals surface area contributed by atoms with Crippen molar-refractivity contribution < 1.29 is 23.9 Å². The van der Waals surface area contributed by atoms with Crippen molar-refractivity contribution in [3.8, 4) is 0 Å². The van der Waals surface area contributed by atoms with Gasteiger partial charge in [-0.2, -0.15) is 0 Å². The first-order valence-electron chi connectivity index (χ1n) is 6.41. The summed E-state index contributed by atoms with van der Waals surface area (Å²) in [5, 5.41) is 2.38. The molecule has 0 aliphatic carbocycles. The SMILES string of the molecule is COC(=O)c1ccc(C(=O)CNC(=O)OC(C)(C)C)cc1. The number of ketones is 1. The lowest BCUT2D eigenvalue weighted by atomic mass is 10.1. The summed E-state index contributed by atoms with van der Waals surface area (Å²) in [7, 11) is 1.28. The fourth-order valence-corrected chi connectivity index (χ4v) is 1.48. The highest BCUT2D eigenvalue weighted by molar-refractivity contribution is 5.99. The Morgan fingerprint density at radius 2 is 1.57 bits per heavy atom. The molecule has 0 saturated heterocycles. The lowest BCUT2D eigenvalue weighted by Crippen LogP contribution is -2.35. The quantitative estimate of drug-likeness (QED) is 0.679. The Hall–Kier alpha value is -2.37. The molecule has 21 heavy (non-hydrogen) atoms. The number of carbonyl (C=O) groups is 3. The summed E-state index contributed by atoms with van der Waals surface area (Å²) in [5.41, 5.74) is 0.128. The van der Waals surface area contributed by atoms with E-state index in [9.17, 15) is 14.4 Å². The zero-order chi connectivity index (χ0) is 16.0. The van der Waals surface area contributed by atoms with Crippen molar-refractivity contribution >= 4 is 17.8 Å². The Morgan fingerprint density at radius 3 is 2.05 bits per heavy atom. The van der Waals surface area contributed by atoms with E-state index in [2.05, 4.69) is 10.1 Å². The summed E-state index contributed by atoms with van der Waals surface area (Å²) in [6.07, 6.45) is -0.651. The lowest BCUT2D eigenvalue weighted by molar-refractivity contribution is 0.0519. The minimum Gasteiger partial charge on any atom is -0.465 e. The van der Waals surface area contributed by atoms with E-state index in [1.807, 2.05) is 0 Å². The van der Waals surface area contributed by atoms with Crippen molar-refractivity contribution in [2.45, 2.75) is 26.4 Å². The van der Waals surface area contributed by atoms with E-state index in [4.69, 9.17) is 4.74 Å². The maximum atomic E-state index is 11.9. The Bertz CT molecular complexity index is 528. The highest BCUT2D eigenvalue weighted by Crippen LogP contribution is 2.08. The maximum absolute atomic E-state index is 11.9. The van der Waals surface area contributed by atoms with Crippen LogP contribution in [0, 0.1) is 0 Å². The highest BCUT2D eigenvalue weighted by atomic mass is 16.6. The number of esters is 1. The van der Waals surface area contributed by atoms with Crippen LogP contribution in [0.1, 0.15) is 41.5 Å². The molecule has 0 fully saturated rings. The number of alkyl carbamates (subject to hydrolysis) is 1. The predicted octanol–water partition coefficient (Wildman–Crippen LogP) is 2.18. The number of carbonyl (C=O) groups excluding carboxylic acids is 3. The average Bonchev–Trinajstić information content (AvgIpc) is 2.42. The van der Waals surface area contributed by atoms with E-state index in [-0.39, 0.29) is 12.3 Å². The molecule has 0 saturated carbocycles. The van der Waals surface area contributed by atoms with Crippen LogP contribution in [0.3, 0.4) is 0 Å². The molecule has 1 rings (SSSR count). The Morgan fingerprint density at radius 1 is 1.05 bits per heavy atom. The van der Waals surface area contributed by atoms with E-state index in [0.29, 0.717) is 11.1 Å². The number of amides is 1. The monoisotopic (exact) mass is 293 g/mol. The first-order chi connectivity index (χ1) is 9.73. The van der Waals surface area contributed by atoms with Gasteiger partial charge in [-0.1, -0.05) is 12.1 Å². The predicted molar refractivity (Wildman–Crippen MR) is 76.3 cm³/mol. The van der Waals surface area contributed by atoms with E-state index < -0.39 is 17.7 Å². The number of nitrogens with one attached hydrogen (secondary N) is 1. The third-order valence-corrected chi connectivity index (χ3v) is 2.42. The van der Waals surface area contributed by atoms with E-state index in [1.165, 1.54) is 31.4 Å². The summed E-state index contributed by atoms with van der Waals surface area (Å²) in [4.78, 5) is 34.6. The van der Waals surface area contributed by atoms with Crippen molar-refractivity contribution in [2.24, 2.45) is 0 Å². The molecule has 0 atom stereocenters. The molecule has 114 valence electrons. The zero-order valence-electron chi connectivity index (χ0n) is 12.6. The molecule has 0 aromatic heterocycles. The van der Waals surface area contributed by atoms with Gasteiger partial charge in [-0.05, 0) is 32.9 Å². The van der Waals surface area contributed by atoms with Crippen LogP contribution in [0.2, 0.25) is 0 Å². The molecule has 0 spiro atoms. The van der Waals surface area contributed by atoms with Gasteiger partial charge in [0.15, 0.2) is 5.78 Å². The van der Waals surface area contributed by atoms with Gasteiger partial charge in [0.25, 0.3) is 0 Å². The van der Waals surface area contributed by atoms with Crippen molar-refractivity contribution in [1.82, 2.24) is 5.32 Å². The maximum Gasteiger partial charge on any atom is 0.408 e. The van der Waals surface area contributed by atoms with E-state index in [1.54, 1.807) is 20.8 Å². The molecule has 0 unspecified atom stereocenters. The van der Waals surface area contributed by atoms with Gasteiger partial charge in [-0.25, -0.2) is 9.59 Å². The number of rotatable bonds is 4. The largest absolute Gasteiger partial charge is 0.465 e. The molecular weight excluding hydrogens is 274 g/mol. The first kappa shape index (κ1) is 16.7. The number of ether oxygens (including phenoxy) is 2. The minimum atomic E-state index is -0.651. The zero-order valence-corrected chi connectivity index (χ0v) is 12.6. The summed E-state index contributed by atoms with van der Waals surface area (Å²) < 4.78 is 9.59. The average molecular weight is 293 g/mol. The number of benzene rings is 1. The van der Waals surface area contributed by atoms with Crippen LogP contribution >= 0.6 is 0 Å². The summed E-state index contributed by atoms with van der Waals surface area (Å²) >= 11 is 0. The second-order valence-corrected chi connectivity index (χ2v) is 5.35. The third-order valence-electron chi connectivity index (χ3n) is 2.42. The molecule has 6 heteroatoms. The first-order valence-corrected chi connectivity index (χ1v) is 6.41. The van der Waals surface area contributed by atoms with Crippen molar-refractivity contribution in [2.75, 3.05) is 13.7 Å². The molecule has 0 heterocycles. The number of Topliss-reactive ketones (excluding diaryl/α,β-unsaturated/α-hetero) is 1. The molecule has 0 aliphatic heterocycles. The van der Waals surface area contributed by atoms with Crippen molar-refractivity contribution in [3.05, 3.63) is 35.4 Å². The van der Waals surface area contributed by atoms with Gasteiger partial charge in [0.1, 0.15) is 5.60 Å². The van der Waals surface area contributed by atoms with E-state index >= 15 is 0 Å². The van der Waals surface area contributed by atoms with Crippen molar-refractivity contribution in [3.63, 3.8) is 0 Å². The Kier molecular flexibility index (Phi) is 5.46. The highest BCUT2D eigenvalue weighted by Gasteiger charge is 2.17. The number of methoxy groups -OCH3 is 1. The van der Waals surface area contributed by atoms with Crippen LogP contribution in [0.25, 0.3) is 0 Å². The van der Waals surface area contributed by atoms with Gasteiger partial charge < -0.3 is 14.8 Å². The van der Waals surface area contributed by atoms with Crippen molar-refractivity contribution in [1.29, 1.82) is 0 Å². The van der Waals surface area contributed by atoms with Gasteiger partial charge in [0.2, 0.25) is 0 Å². The number of hydrogen-bond acceptors (Lipinski definition) is 5. The normalized spacial score (nSPS) is 10.7. The van der Waals surface area contributed by atoms with Gasteiger partial charge in [-0.3, -0.25) is 4.79 Å². The van der Waals surface area contributed by atoms with Gasteiger partial charge in [-0.15, -0.1) is 0 Å². The topological polar surface area (TPSA) is 81.7 Å². The van der Waals surface area contributed by atoms with Crippen LogP contribution in [0.5, 0.6) is 0 Å². The lowest BCUT2D eigenvalue weighted by Gasteiger charge is -2.19. The Balaban J connectivity index is 2.56. The standard InChI is InChI=1S/C15H19NO5/c1-15(2,3)21-14(19)16-9-12(17)10-5-7-11(8-6-10)13(18)20-4/h5-8H,9H2,1-4H3,(H,16,19). The molecule has 0 bridgehead atoms. The van der Waals surface area contributed by atoms with Crippen LogP contribution in [0.4, 0.5) is 4.79 Å². The van der Waals surface area contributed by atoms with Crippen LogP contribution in [-0.4, -0.2) is 37.1 Å². The molecular formula is C15H19NO5. The second-order valence-electron chi connectivity index (χ2n) is 5.35. The molecule has 1 aromatic carbocycles. The van der Waals surface area contributed by atoms with Gasteiger partial charge in [0.05, 0.1) is 19.2 Å². The number of hydrogen-bond donors (Lipinski definition) is 1. The second kappa shape index (κ2) is 6.88. The molecule has 0 radical (unpaired) electrons. The molecule has 0 aliphatic rings. The Labute approximate surface area is 123 Å². The van der Waals surface area contributed by atoms with Crippen LogP contribution < -0.4 is 5.32 Å². The van der Waals surface area contributed by atoms with Gasteiger partial charge in [0, 0.05) is 5.56 Å². The summed E-state index contributed by atoms with van der Waals surface area (Å²) in [6.45, 7) is 5.03. The van der Waals surface area contributed by atoms with Gasteiger partial charge >= 0.3 is 12.1 Å².